The number of nitrogens with zero attached hydrogens (tertiary/aromatic N) is 3. The third-order valence-corrected chi connectivity index (χ3v) is 4.32. The normalized spacial score (nSPS) is 17.7. The number of ether oxygens (including phenoxy) is 1. The highest BCUT2D eigenvalue weighted by molar-refractivity contribution is 5.78. The van der Waals surface area contributed by atoms with E-state index in [4.69, 9.17) is 9.26 Å². The monoisotopic (exact) mass is 347 g/mol. The maximum Gasteiger partial charge on any atom is 0.252 e. The fraction of sp³-hybridized carbons (Fsp3) is 0.500. The Bertz CT molecular complexity index is 702. The second-order valence-electron chi connectivity index (χ2n) is 6.17. The summed E-state index contributed by atoms with van der Waals surface area (Å²) in [7, 11) is 0. The maximum absolute atomic E-state index is 13.0. The van der Waals surface area contributed by atoms with E-state index >= 15 is 0 Å². The van der Waals surface area contributed by atoms with Crippen LogP contribution in [0, 0.1) is 5.82 Å². The van der Waals surface area contributed by atoms with Crippen molar-refractivity contribution in [3.05, 3.63) is 47.4 Å². The molecule has 0 radical (unpaired) electrons. The lowest BCUT2D eigenvalue weighted by molar-refractivity contribution is -0.131. The summed E-state index contributed by atoms with van der Waals surface area (Å²) in [6.45, 7) is 4.10. The number of hydrogen-bond acceptors (Lipinski definition) is 5. The third kappa shape index (κ3) is 4.63. The SMILES string of the molecule is CCOCc1nc(C2CCCN(C(=O)Cc3ccc(F)cc3)C2)no1. The van der Waals surface area contributed by atoms with Crippen molar-refractivity contribution in [1.29, 1.82) is 0 Å². The standard InChI is InChI=1S/C18H22FN3O3/c1-2-24-12-16-20-18(21-25-16)14-4-3-9-22(11-14)17(23)10-13-5-7-15(19)8-6-13/h5-8,14H,2-4,9-12H2,1H3. The van der Waals surface area contributed by atoms with E-state index in [-0.39, 0.29) is 24.1 Å². The van der Waals surface area contributed by atoms with Crippen molar-refractivity contribution in [2.24, 2.45) is 0 Å². The van der Waals surface area contributed by atoms with Crippen LogP contribution in [0.1, 0.15) is 43.0 Å². The summed E-state index contributed by atoms with van der Waals surface area (Å²) in [6.07, 6.45) is 2.10. The molecule has 25 heavy (non-hydrogen) atoms. The predicted octanol–water partition coefficient (Wildman–Crippen LogP) is 2.69. The van der Waals surface area contributed by atoms with Gasteiger partial charge in [-0.15, -0.1) is 0 Å². The van der Waals surface area contributed by atoms with Crippen LogP contribution in [0.15, 0.2) is 28.8 Å². The molecule has 0 saturated carbocycles. The summed E-state index contributed by atoms with van der Waals surface area (Å²) in [5, 5.41) is 4.03. The fourth-order valence-electron chi connectivity index (χ4n) is 2.98. The number of rotatable bonds is 6. The molecule has 1 saturated heterocycles. The van der Waals surface area contributed by atoms with Gasteiger partial charge < -0.3 is 14.2 Å². The first-order valence-electron chi connectivity index (χ1n) is 8.58. The van der Waals surface area contributed by atoms with Gasteiger partial charge in [0.15, 0.2) is 5.82 Å². The van der Waals surface area contributed by atoms with Gasteiger partial charge in [0, 0.05) is 25.6 Å². The van der Waals surface area contributed by atoms with Crippen LogP contribution >= 0.6 is 0 Å². The Balaban J connectivity index is 1.59. The van der Waals surface area contributed by atoms with Crippen LogP contribution in [-0.4, -0.2) is 40.6 Å². The first-order valence-corrected chi connectivity index (χ1v) is 8.58. The summed E-state index contributed by atoms with van der Waals surface area (Å²) < 4.78 is 23.4. The number of halogens is 1. The highest BCUT2D eigenvalue weighted by Gasteiger charge is 2.28. The van der Waals surface area contributed by atoms with Gasteiger partial charge in [-0.2, -0.15) is 4.98 Å². The Kier molecular flexibility index (Phi) is 5.75. The molecule has 0 N–H and O–H groups in total. The summed E-state index contributed by atoms with van der Waals surface area (Å²) in [6, 6.07) is 6.05. The van der Waals surface area contributed by atoms with Crippen LogP contribution < -0.4 is 0 Å². The van der Waals surface area contributed by atoms with Crippen molar-refractivity contribution in [2.45, 2.75) is 38.7 Å². The summed E-state index contributed by atoms with van der Waals surface area (Å²) in [4.78, 5) is 18.7. The first-order chi connectivity index (χ1) is 12.2. The van der Waals surface area contributed by atoms with E-state index in [0.29, 0.717) is 31.5 Å². The molecule has 7 heteroatoms. The average Bonchev–Trinajstić information content (AvgIpc) is 3.11. The minimum Gasteiger partial charge on any atom is -0.372 e. The molecule has 1 amide bonds. The predicted molar refractivity (Wildman–Crippen MR) is 88.3 cm³/mol. The second kappa shape index (κ2) is 8.20. The molecule has 3 rings (SSSR count). The van der Waals surface area contributed by atoms with E-state index < -0.39 is 0 Å². The number of aromatic nitrogens is 2. The molecule has 2 heterocycles. The van der Waals surface area contributed by atoms with E-state index in [1.165, 1.54) is 12.1 Å². The number of benzene rings is 1. The first kappa shape index (κ1) is 17.5. The van der Waals surface area contributed by atoms with Crippen molar-refractivity contribution < 1.29 is 18.4 Å². The Morgan fingerprint density at radius 2 is 2.20 bits per heavy atom. The van der Waals surface area contributed by atoms with Crippen LogP contribution in [0.4, 0.5) is 4.39 Å². The number of carbonyl (C=O) groups excluding carboxylic acids is 1. The molecule has 134 valence electrons. The molecule has 1 aromatic heterocycles. The summed E-state index contributed by atoms with van der Waals surface area (Å²) in [5.41, 5.74) is 0.812. The number of amides is 1. The van der Waals surface area contributed by atoms with Crippen LogP contribution in [0.2, 0.25) is 0 Å². The van der Waals surface area contributed by atoms with E-state index in [1.807, 2.05) is 11.8 Å². The summed E-state index contributed by atoms with van der Waals surface area (Å²) >= 11 is 0. The number of hydrogen-bond donors (Lipinski definition) is 0. The molecule has 0 bridgehead atoms. The minimum absolute atomic E-state index is 0.0364. The van der Waals surface area contributed by atoms with Gasteiger partial charge >= 0.3 is 0 Å². The van der Waals surface area contributed by atoms with Gasteiger partial charge in [-0.25, -0.2) is 4.39 Å². The molecule has 1 aromatic carbocycles. The quantitative estimate of drug-likeness (QED) is 0.804. The lowest BCUT2D eigenvalue weighted by Crippen LogP contribution is -2.40. The molecule has 1 fully saturated rings. The van der Waals surface area contributed by atoms with E-state index in [2.05, 4.69) is 10.1 Å². The van der Waals surface area contributed by atoms with Crippen LogP contribution in [-0.2, 0) is 22.6 Å². The molecule has 6 nitrogen and oxygen atoms in total. The van der Waals surface area contributed by atoms with Crippen molar-refractivity contribution >= 4 is 5.91 Å². The van der Waals surface area contributed by atoms with Gasteiger partial charge in [0.05, 0.1) is 6.42 Å². The smallest absolute Gasteiger partial charge is 0.252 e. The molecule has 2 aromatic rings. The van der Waals surface area contributed by atoms with Crippen LogP contribution in [0.5, 0.6) is 0 Å². The number of carbonyl (C=O) groups is 1. The Hall–Kier alpha value is -2.28. The number of likely N-dealkylation sites (tertiary alicyclic amines) is 1. The van der Waals surface area contributed by atoms with E-state index in [1.54, 1.807) is 12.1 Å². The van der Waals surface area contributed by atoms with Gasteiger partial charge in [-0.1, -0.05) is 17.3 Å². The van der Waals surface area contributed by atoms with E-state index in [0.717, 1.165) is 24.9 Å². The highest BCUT2D eigenvalue weighted by atomic mass is 19.1. The largest absolute Gasteiger partial charge is 0.372 e. The van der Waals surface area contributed by atoms with Crippen LogP contribution in [0.25, 0.3) is 0 Å². The van der Waals surface area contributed by atoms with E-state index in [9.17, 15) is 9.18 Å². The lowest BCUT2D eigenvalue weighted by Gasteiger charge is -2.31. The van der Waals surface area contributed by atoms with Crippen molar-refractivity contribution in [3.8, 4) is 0 Å². The summed E-state index contributed by atoms with van der Waals surface area (Å²) in [5.74, 6) is 0.911. The zero-order chi connectivity index (χ0) is 17.6. The molecular formula is C18H22FN3O3. The Labute approximate surface area is 146 Å². The molecule has 0 aliphatic carbocycles. The van der Waals surface area contributed by atoms with Gasteiger partial charge in [0.2, 0.25) is 5.91 Å². The Morgan fingerprint density at radius 3 is 2.96 bits per heavy atom. The molecule has 1 aliphatic rings. The topological polar surface area (TPSA) is 68.5 Å². The second-order valence-corrected chi connectivity index (χ2v) is 6.17. The zero-order valence-corrected chi connectivity index (χ0v) is 14.3. The lowest BCUT2D eigenvalue weighted by atomic mass is 9.97. The van der Waals surface area contributed by atoms with Crippen molar-refractivity contribution in [2.75, 3.05) is 19.7 Å². The Morgan fingerprint density at radius 1 is 1.40 bits per heavy atom. The minimum atomic E-state index is -0.297. The van der Waals surface area contributed by atoms with Gasteiger partial charge in [0.1, 0.15) is 12.4 Å². The molecule has 1 aliphatic heterocycles. The zero-order valence-electron chi connectivity index (χ0n) is 14.3. The average molecular weight is 347 g/mol. The molecule has 1 unspecified atom stereocenters. The number of piperidine rings is 1. The van der Waals surface area contributed by atoms with Crippen molar-refractivity contribution in [1.82, 2.24) is 15.0 Å². The van der Waals surface area contributed by atoms with Crippen LogP contribution in [0.3, 0.4) is 0 Å². The van der Waals surface area contributed by atoms with Gasteiger partial charge in [-0.3, -0.25) is 4.79 Å². The molecule has 1 atom stereocenters. The molecule has 0 spiro atoms. The van der Waals surface area contributed by atoms with Crippen molar-refractivity contribution in [3.63, 3.8) is 0 Å². The van der Waals surface area contributed by atoms with Gasteiger partial charge in [-0.05, 0) is 37.5 Å². The fourth-order valence-corrected chi connectivity index (χ4v) is 2.98. The maximum atomic E-state index is 13.0. The molecular weight excluding hydrogens is 325 g/mol. The van der Waals surface area contributed by atoms with Gasteiger partial charge in [0.25, 0.3) is 5.89 Å². The third-order valence-electron chi connectivity index (χ3n) is 4.32. The highest BCUT2D eigenvalue weighted by Crippen LogP contribution is 2.25.